The molecule has 1 aliphatic rings. The first kappa shape index (κ1) is 22.3. The zero-order valence-corrected chi connectivity index (χ0v) is 16.3. The first-order valence-corrected chi connectivity index (χ1v) is 9.36. The zero-order valence-electron chi connectivity index (χ0n) is 14.6. The predicted octanol–water partition coefficient (Wildman–Crippen LogP) is 0.848. The van der Waals surface area contributed by atoms with Crippen LogP contribution < -0.4 is 5.32 Å². The molecule has 1 aromatic rings. The number of nitrogens with zero attached hydrogens (tertiary/aromatic N) is 3. The van der Waals surface area contributed by atoms with E-state index >= 15 is 0 Å². The SMILES string of the molecule is CNCC1CCCN1C(=O)CN(C)S(=O)(=O)c1cccc([N+](=O)[O-])c1.Cl. The highest BCUT2D eigenvalue weighted by Gasteiger charge is 2.31. The van der Waals surface area contributed by atoms with Gasteiger partial charge in [-0.1, -0.05) is 6.07 Å². The Kier molecular flexibility index (Phi) is 7.94. The molecule has 1 aliphatic heterocycles. The van der Waals surface area contributed by atoms with Crippen molar-refractivity contribution in [2.45, 2.75) is 23.8 Å². The van der Waals surface area contributed by atoms with Crippen LogP contribution in [0.3, 0.4) is 0 Å². The van der Waals surface area contributed by atoms with E-state index in [9.17, 15) is 23.3 Å². The molecule has 1 N–H and O–H groups in total. The maximum atomic E-state index is 12.6. The summed E-state index contributed by atoms with van der Waals surface area (Å²) in [5, 5.41) is 13.9. The number of halogens is 1. The Morgan fingerprint density at radius 2 is 2.15 bits per heavy atom. The topological polar surface area (TPSA) is 113 Å². The molecule has 0 saturated carbocycles. The number of benzene rings is 1. The van der Waals surface area contributed by atoms with E-state index in [-0.39, 0.29) is 41.5 Å². The Morgan fingerprint density at radius 1 is 1.46 bits per heavy atom. The van der Waals surface area contributed by atoms with Crippen molar-refractivity contribution in [1.82, 2.24) is 14.5 Å². The third-order valence-corrected chi connectivity index (χ3v) is 6.03. The van der Waals surface area contributed by atoms with Gasteiger partial charge in [0.2, 0.25) is 15.9 Å². The summed E-state index contributed by atoms with van der Waals surface area (Å²) in [6.45, 7) is 0.966. The summed E-state index contributed by atoms with van der Waals surface area (Å²) >= 11 is 0. The normalized spacial score (nSPS) is 17.2. The third-order valence-electron chi connectivity index (χ3n) is 4.23. The van der Waals surface area contributed by atoms with Gasteiger partial charge in [-0.15, -0.1) is 12.4 Å². The molecule has 0 aliphatic carbocycles. The molecule has 1 heterocycles. The number of non-ortho nitro benzene ring substituents is 1. The molecule has 1 saturated heterocycles. The minimum absolute atomic E-state index is 0. The average molecular weight is 407 g/mol. The molecule has 1 aromatic carbocycles. The minimum atomic E-state index is -3.98. The summed E-state index contributed by atoms with van der Waals surface area (Å²) in [5.74, 6) is -0.269. The Balaban J connectivity index is 0.00000338. The van der Waals surface area contributed by atoms with Crippen LogP contribution in [0.2, 0.25) is 0 Å². The Morgan fingerprint density at radius 3 is 2.77 bits per heavy atom. The molecular weight excluding hydrogens is 384 g/mol. The number of nitro groups is 1. The molecule has 0 spiro atoms. The Hall–Kier alpha value is -1.75. The quantitative estimate of drug-likeness (QED) is 0.530. The van der Waals surface area contributed by atoms with Crippen molar-refractivity contribution in [3.63, 3.8) is 0 Å². The molecule has 0 aromatic heterocycles. The second kappa shape index (κ2) is 9.26. The van der Waals surface area contributed by atoms with Crippen molar-refractivity contribution >= 4 is 34.0 Å². The largest absolute Gasteiger partial charge is 0.337 e. The van der Waals surface area contributed by atoms with E-state index in [1.807, 2.05) is 0 Å². The summed E-state index contributed by atoms with van der Waals surface area (Å²) in [4.78, 5) is 24.1. The molecule has 146 valence electrons. The van der Waals surface area contributed by atoms with Crippen molar-refractivity contribution in [2.75, 3.05) is 33.7 Å². The number of rotatable bonds is 7. The molecule has 0 radical (unpaired) electrons. The molecule has 1 fully saturated rings. The third kappa shape index (κ3) is 4.91. The van der Waals surface area contributed by atoms with E-state index < -0.39 is 14.9 Å². The number of amides is 1. The summed E-state index contributed by atoms with van der Waals surface area (Å²) in [7, 11) is -0.877. The molecule has 11 heteroatoms. The zero-order chi connectivity index (χ0) is 18.6. The van der Waals surface area contributed by atoms with Gasteiger partial charge < -0.3 is 10.2 Å². The highest BCUT2D eigenvalue weighted by Crippen LogP contribution is 2.21. The van der Waals surface area contributed by atoms with E-state index in [4.69, 9.17) is 0 Å². The minimum Gasteiger partial charge on any atom is -0.337 e. The van der Waals surface area contributed by atoms with Gasteiger partial charge >= 0.3 is 0 Å². The average Bonchev–Trinajstić information content (AvgIpc) is 3.03. The van der Waals surface area contributed by atoms with Crippen molar-refractivity contribution in [3.8, 4) is 0 Å². The molecule has 26 heavy (non-hydrogen) atoms. The van der Waals surface area contributed by atoms with Gasteiger partial charge in [-0.05, 0) is 26.0 Å². The fourth-order valence-electron chi connectivity index (χ4n) is 2.92. The number of hydrogen-bond acceptors (Lipinski definition) is 6. The number of carbonyl (C=O) groups is 1. The van der Waals surface area contributed by atoms with Crippen molar-refractivity contribution in [1.29, 1.82) is 0 Å². The number of nitro benzene ring substituents is 1. The molecule has 9 nitrogen and oxygen atoms in total. The van der Waals surface area contributed by atoms with Gasteiger partial charge in [0, 0.05) is 38.3 Å². The van der Waals surface area contributed by atoms with E-state index in [0.29, 0.717) is 13.1 Å². The summed E-state index contributed by atoms with van der Waals surface area (Å²) in [6.07, 6.45) is 1.77. The number of carbonyl (C=O) groups excluding carboxylic acids is 1. The van der Waals surface area contributed by atoms with Gasteiger partial charge in [0.15, 0.2) is 0 Å². The smallest absolute Gasteiger partial charge is 0.270 e. The fraction of sp³-hybridized carbons (Fsp3) is 0.533. The van der Waals surface area contributed by atoms with Gasteiger partial charge in [0.1, 0.15) is 0 Å². The van der Waals surface area contributed by atoms with E-state index in [2.05, 4.69) is 5.32 Å². The van der Waals surface area contributed by atoms with Crippen LogP contribution in [0, 0.1) is 10.1 Å². The lowest BCUT2D eigenvalue weighted by Gasteiger charge is -2.26. The Bertz CT molecular complexity index is 758. The lowest BCUT2D eigenvalue weighted by molar-refractivity contribution is -0.385. The molecular formula is C15H23ClN4O5S. The van der Waals surface area contributed by atoms with Gasteiger partial charge in [-0.3, -0.25) is 14.9 Å². The lowest BCUT2D eigenvalue weighted by Crippen LogP contribution is -2.46. The van der Waals surface area contributed by atoms with Crippen LogP contribution in [0.1, 0.15) is 12.8 Å². The first-order chi connectivity index (χ1) is 11.8. The molecule has 2 rings (SSSR count). The number of likely N-dealkylation sites (N-methyl/N-ethyl adjacent to an activating group) is 2. The summed E-state index contributed by atoms with van der Waals surface area (Å²) < 4.78 is 26.1. The maximum Gasteiger partial charge on any atom is 0.270 e. The molecule has 1 amide bonds. The van der Waals surface area contributed by atoms with Crippen LogP contribution in [0.5, 0.6) is 0 Å². The highest BCUT2D eigenvalue weighted by atomic mass is 35.5. The summed E-state index contributed by atoms with van der Waals surface area (Å²) in [6, 6.07) is 4.87. The second-order valence-corrected chi connectivity index (χ2v) is 8.00. The van der Waals surface area contributed by atoms with E-state index in [0.717, 1.165) is 23.2 Å². The van der Waals surface area contributed by atoms with Gasteiger partial charge in [0.25, 0.3) is 5.69 Å². The maximum absolute atomic E-state index is 12.6. The first-order valence-electron chi connectivity index (χ1n) is 7.92. The van der Waals surface area contributed by atoms with Crippen LogP contribution in [0.25, 0.3) is 0 Å². The van der Waals surface area contributed by atoms with Gasteiger partial charge in [-0.2, -0.15) is 4.31 Å². The van der Waals surface area contributed by atoms with Crippen LogP contribution in [0.15, 0.2) is 29.2 Å². The van der Waals surface area contributed by atoms with Gasteiger partial charge in [-0.25, -0.2) is 8.42 Å². The van der Waals surface area contributed by atoms with Crippen LogP contribution in [-0.4, -0.2) is 68.2 Å². The standard InChI is InChI=1S/C15H22N4O5S.ClH/c1-16-10-13-6-4-8-18(13)15(20)11-17(2)25(23,24)14-7-3-5-12(9-14)19(21)22;/h3,5,7,9,13,16H,4,6,8,10-11H2,1-2H3;1H. The monoisotopic (exact) mass is 406 g/mol. The molecule has 1 unspecified atom stereocenters. The number of likely N-dealkylation sites (tertiary alicyclic amines) is 1. The number of hydrogen-bond donors (Lipinski definition) is 1. The van der Waals surface area contributed by atoms with Crippen LogP contribution >= 0.6 is 12.4 Å². The summed E-state index contributed by atoms with van der Waals surface area (Å²) in [5.41, 5.74) is -0.311. The number of sulfonamides is 1. The van der Waals surface area contributed by atoms with Crippen LogP contribution in [-0.2, 0) is 14.8 Å². The lowest BCUT2D eigenvalue weighted by atomic mass is 10.2. The van der Waals surface area contributed by atoms with E-state index in [1.54, 1.807) is 11.9 Å². The molecule has 0 bridgehead atoms. The van der Waals surface area contributed by atoms with Crippen molar-refractivity contribution < 1.29 is 18.1 Å². The fourth-order valence-corrected chi connectivity index (χ4v) is 4.08. The predicted molar refractivity (Wildman–Crippen MR) is 98.8 cm³/mol. The van der Waals surface area contributed by atoms with Crippen molar-refractivity contribution in [3.05, 3.63) is 34.4 Å². The second-order valence-electron chi connectivity index (χ2n) is 5.96. The van der Waals surface area contributed by atoms with Crippen molar-refractivity contribution in [2.24, 2.45) is 0 Å². The highest BCUT2D eigenvalue weighted by molar-refractivity contribution is 7.89. The Labute approximate surface area is 159 Å². The molecule has 1 atom stereocenters. The van der Waals surface area contributed by atoms with Crippen LogP contribution in [0.4, 0.5) is 5.69 Å². The van der Waals surface area contributed by atoms with E-state index in [1.165, 1.54) is 25.2 Å². The number of nitrogens with one attached hydrogen (secondary N) is 1. The van der Waals surface area contributed by atoms with Gasteiger partial charge in [0.05, 0.1) is 16.4 Å².